The topological polar surface area (TPSA) is 23.5 Å². The number of hydrogen-bond donors (Lipinski definition) is 1. The van der Waals surface area contributed by atoms with E-state index < -0.39 is 5.60 Å². The van der Waals surface area contributed by atoms with Crippen molar-refractivity contribution in [1.82, 2.24) is 4.90 Å². The zero-order valence-electron chi connectivity index (χ0n) is 9.41. The largest absolute Gasteiger partial charge is 0.384 e. The molecular weight excluding hydrogens is 174 g/mol. The third kappa shape index (κ3) is 2.82. The maximum Gasteiger partial charge on any atom is 0.0994 e. The molecule has 1 N–H and O–H groups in total. The summed E-state index contributed by atoms with van der Waals surface area (Å²) in [5.74, 6) is 0. The first-order valence-electron chi connectivity index (χ1n) is 4.86. The van der Waals surface area contributed by atoms with Gasteiger partial charge in [0.15, 0.2) is 0 Å². The lowest BCUT2D eigenvalue weighted by molar-refractivity contribution is 0.0300. The molecule has 0 saturated heterocycles. The number of hydrogen-bond acceptors (Lipinski definition) is 2. The highest BCUT2D eigenvalue weighted by Crippen LogP contribution is 2.21. The quantitative estimate of drug-likeness (QED) is 0.790. The van der Waals surface area contributed by atoms with Crippen molar-refractivity contribution in [3.63, 3.8) is 0 Å². The van der Waals surface area contributed by atoms with Gasteiger partial charge < -0.3 is 10.0 Å². The first-order valence-corrected chi connectivity index (χ1v) is 4.86. The van der Waals surface area contributed by atoms with Crippen molar-refractivity contribution >= 4 is 0 Å². The van der Waals surface area contributed by atoms with Crippen LogP contribution in [0.2, 0.25) is 0 Å². The second-order valence-corrected chi connectivity index (χ2v) is 4.38. The first kappa shape index (κ1) is 11.2. The average Bonchev–Trinajstić information content (AvgIpc) is 2.01. The van der Waals surface area contributed by atoms with Gasteiger partial charge in [0.25, 0.3) is 0 Å². The first-order chi connectivity index (χ1) is 6.42. The minimum absolute atomic E-state index is 0.635. The number of rotatable bonds is 3. The van der Waals surface area contributed by atoms with Crippen molar-refractivity contribution in [1.29, 1.82) is 0 Å². The minimum Gasteiger partial charge on any atom is -0.384 e. The predicted molar refractivity (Wildman–Crippen MR) is 59.3 cm³/mol. The highest BCUT2D eigenvalue weighted by Gasteiger charge is 2.23. The van der Waals surface area contributed by atoms with Gasteiger partial charge in [-0.15, -0.1) is 0 Å². The Morgan fingerprint density at radius 1 is 1.36 bits per heavy atom. The van der Waals surface area contributed by atoms with E-state index in [0.717, 1.165) is 5.56 Å². The summed E-state index contributed by atoms with van der Waals surface area (Å²) >= 11 is 0. The van der Waals surface area contributed by atoms with Crippen molar-refractivity contribution in [3.05, 3.63) is 35.4 Å². The van der Waals surface area contributed by atoms with Gasteiger partial charge in [-0.2, -0.15) is 0 Å². The lowest BCUT2D eigenvalue weighted by Gasteiger charge is -2.27. The van der Waals surface area contributed by atoms with Crippen molar-refractivity contribution < 1.29 is 5.11 Å². The average molecular weight is 193 g/mol. The summed E-state index contributed by atoms with van der Waals surface area (Å²) in [7, 11) is 3.93. The number of aryl methyl sites for hydroxylation is 1. The lowest BCUT2D eigenvalue weighted by atomic mass is 9.94. The zero-order chi connectivity index (χ0) is 10.8. The van der Waals surface area contributed by atoms with Crippen LogP contribution in [0.5, 0.6) is 0 Å². The van der Waals surface area contributed by atoms with Crippen LogP contribution in [0.4, 0.5) is 0 Å². The van der Waals surface area contributed by atoms with Crippen LogP contribution in [0.15, 0.2) is 24.3 Å². The molecular formula is C12H19NO. The molecule has 0 aromatic heterocycles. The third-order valence-corrected chi connectivity index (χ3v) is 2.26. The Morgan fingerprint density at radius 3 is 2.50 bits per heavy atom. The molecule has 1 unspecified atom stereocenters. The second-order valence-electron chi connectivity index (χ2n) is 4.38. The monoisotopic (exact) mass is 193 g/mol. The van der Waals surface area contributed by atoms with E-state index in [2.05, 4.69) is 0 Å². The number of aliphatic hydroxyl groups is 1. The van der Waals surface area contributed by atoms with Gasteiger partial charge >= 0.3 is 0 Å². The zero-order valence-corrected chi connectivity index (χ0v) is 9.41. The van der Waals surface area contributed by atoms with Crippen LogP contribution in [0.1, 0.15) is 18.1 Å². The van der Waals surface area contributed by atoms with E-state index in [-0.39, 0.29) is 0 Å². The van der Waals surface area contributed by atoms with Crippen LogP contribution in [0, 0.1) is 6.92 Å². The molecule has 2 heteroatoms. The Balaban J connectivity index is 2.91. The standard InChI is InChI=1S/C12H19NO/c1-10-6-5-7-11(8-10)12(2,14)9-13(3)4/h5-8,14H,9H2,1-4H3. The van der Waals surface area contributed by atoms with E-state index in [1.54, 1.807) is 0 Å². The molecule has 1 aromatic carbocycles. The van der Waals surface area contributed by atoms with Gasteiger partial charge in [-0.3, -0.25) is 0 Å². The van der Waals surface area contributed by atoms with Crippen LogP contribution < -0.4 is 0 Å². The van der Waals surface area contributed by atoms with E-state index in [4.69, 9.17) is 0 Å². The Labute approximate surface area is 86.2 Å². The summed E-state index contributed by atoms with van der Waals surface area (Å²) in [4.78, 5) is 1.99. The Kier molecular flexibility index (Phi) is 3.29. The SMILES string of the molecule is Cc1cccc(C(C)(O)CN(C)C)c1. The Bertz CT molecular complexity index is 305. The van der Waals surface area contributed by atoms with Crippen LogP contribution >= 0.6 is 0 Å². The molecule has 1 rings (SSSR count). The molecule has 2 nitrogen and oxygen atoms in total. The van der Waals surface area contributed by atoms with Crippen LogP contribution in [-0.2, 0) is 5.60 Å². The molecule has 0 heterocycles. The molecule has 14 heavy (non-hydrogen) atoms. The molecule has 0 spiro atoms. The van der Waals surface area contributed by atoms with Crippen molar-refractivity contribution in [3.8, 4) is 0 Å². The molecule has 78 valence electrons. The van der Waals surface area contributed by atoms with Gasteiger partial charge in [0, 0.05) is 6.54 Å². The van der Waals surface area contributed by atoms with Crippen LogP contribution in [-0.4, -0.2) is 30.6 Å². The van der Waals surface area contributed by atoms with Gasteiger partial charge in [0.1, 0.15) is 0 Å². The lowest BCUT2D eigenvalue weighted by Crippen LogP contribution is -2.34. The maximum atomic E-state index is 10.2. The fraction of sp³-hybridized carbons (Fsp3) is 0.500. The van der Waals surface area contributed by atoms with Crippen LogP contribution in [0.25, 0.3) is 0 Å². The Hall–Kier alpha value is -0.860. The van der Waals surface area contributed by atoms with E-state index >= 15 is 0 Å². The molecule has 0 aliphatic heterocycles. The van der Waals surface area contributed by atoms with Gasteiger partial charge in [-0.25, -0.2) is 0 Å². The molecule has 1 aromatic rings. The van der Waals surface area contributed by atoms with E-state index in [1.165, 1.54) is 5.56 Å². The number of likely N-dealkylation sites (N-methyl/N-ethyl adjacent to an activating group) is 1. The minimum atomic E-state index is -0.768. The summed E-state index contributed by atoms with van der Waals surface area (Å²) in [6.07, 6.45) is 0. The van der Waals surface area contributed by atoms with E-state index in [0.29, 0.717) is 6.54 Å². The fourth-order valence-corrected chi connectivity index (χ4v) is 1.69. The normalized spacial score (nSPS) is 15.6. The van der Waals surface area contributed by atoms with Crippen molar-refractivity contribution in [2.45, 2.75) is 19.4 Å². The summed E-state index contributed by atoms with van der Waals surface area (Å²) in [6.45, 7) is 4.52. The Morgan fingerprint density at radius 2 is 2.00 bits per heavy atom. The molecule has 0 aliphatic carbocycles. The maximum absolute atomic E-state index is 10.2. The van der Waals surface area contributed by atoms with Gasteiger partial charge in [-0.1, -0.05) is 29.8 Å². The molecule has 1 atom stereocenters. The highest BCUT2D eigenvalue weighted by molar-refractivity contribution is 5.27. The molecule has 0 bridgehead atoms. The fourth-order valence-electron chi connectivity index (χ4n) is 1.69. The van der Waals surface area contributed by atoms with Crippen LogP contribution in [0.3, 0.4) is 0 Å². The van der Waals surface area contributed by atoms with E-state index in [9.17, 15) is 5.11 Å². The number of benzene rings is 1. The van der Waals surface area contributed by atoms with Gasteiger partial charge in [-0.05, 0) is 33.5 Å². The van der Waals surface area contributed by atoms with Gasteiger partial charge in [0.2, 0.25) is 0 Å². The van der Waals surface area contributed by atoms with Crippen molar-refractivity contribution in [2.75, 3.05) is 20.6 Å². The highest BCUT2D eigenvalue weighted by atomic mass is 16.3. The van der Waals surface area contributed by atoms with Gasteiger partial charge in [0.05, 0.1) is 5.60 Å². The molecule has 0 amide bonds. The predicted octanol–water partition coefficient (Wildman–Crippen LogP) is 1.76. The van der Waals surface area contributed by atoms with Crippen molar-refractivity contribution in [2.24, 2.45) is 0 Å². The smallest absolute Gasteiger partial charge is 0.0994 e. The molecule has 0 fully saturated rings. The van der Waals surface area contributed by atoms with E-state index in [1.807, 2.05) is 57.1 Å². The number of nitrogens with zero attached hydrogens (tertiary/aromatic N) is 1. The summed E-state index contributed by atoms with van der Waals surface area (Å²) < 4.78 is 0. The summed E-state index contributed by atoms with van der Waals surface area (Å²) in [6, 6.07) is 8.02. The summed E-state index contributed by atoms with van der Waals surface area (Å²) in [5.41, 5.74) is 1.39. The molecule has 0 radical (unpaired) electrons. The summed E-state index contributed by atoms with van der Waals surface area (Å²) in [5, 5.41) is 10.2. The second kappa shape index (κ2) is 4.11. The molecule has 0 aliphatic rings. The molecule has 0 saturated carbocycles. The third-order valence-electron chi connectivity index (χ3n) is 2.26.